The van der Waals surface area contributed by atoms with E-state index in [-0.39, 0.29) is 0 Å². The fourth-order valence-corrected chi connectivity index (χ4v) is 2.47. The van der Waals surface area contributed by atoms with Gasteiger partial charge in [0.1, 0.15) is 10.7 Å². The third-order valence-electron chi connectivity index (χ3n) is 1.46. The van der Waals surface area contributed by atoms with Gasteiger partial charge in [-0.25, -0.2) is 4.98 Å². The lowest BCUT2D eigenvalue weighted by molar-refractivity contribution is 1.01. The summed E-state index contributed by atoms with van der Waals surface area (Å²) in [6, 6.07) is 5.60. The summed E-state index contributed by atoms with van der Waals surface area (Å²) in [5.74, 6) is 0.774. The zero-order valence-electron chi connectivity index (χ0n) is 7.05. The van der Waals surface area contributed by atoms with Crippen LogP contribution < -0.4 is 0 Å². The van der Waals surface area contributed by atoms with Crippen molar-refractivity contribution in [2.75, 3.05) is 0 Å². The molecule has 14 heavy (non-hydrogen) atoms. The van der Waals surface area contributed by atoms with E-state index >= 15 is 0 Å². The van der Waals surface area contributed by atoms with Gasteiger partial charge in [-0.1, -0.05) is 40.8 Å². The molecule has 0 saturated carbocycles. The monoisotopic (exact) mass is 243 g/mol. The van der Waals surface area contributed by atoms with E-state index in [0.717, 1.165) is 15.8 Å². The van der Waals surface area contributed by atoms with Crippen LogP contribution in [0.15, 0.2) is 28.0 Å². The Hall–Kier alpha value is -0.650. The highest BCUT2D eigenvalue weighted by molar-refractivity contribution is 8.00. The number of aromatic nitrogens is 3. The Labute approximate surface area is 94.5 Å². The zero-order chi connectivity index (χ0) is 9.80. The first-order chi connectivity index (χ1) is 6.84. The normalized spacial score (nSPS) is 10.4. The lowest BCUT2D eigenvalue weighted by atomic mass is 10.4. The largest absolute Gasteiger partial charge is 0.240 e. The number of hydrogen-bond acceptors (Lipinski definition) is 5. The molecule has 2 aromatic rings. The number of hydrogen-bond donors (Lipinski definition) is 0. The first-order valence-corrected chi connectivity index (χ1v) is 6.09. The van der Waals surface area contributed by atoms with Gasteiger partial charge in [-0.3, -0.25) is 0 Å². The second-order valence-corrected chi connectivity index (χ2v) is 4.89. The SMILES string of the molecule is Clc1cccc(CSc2nncs2)n1. The first-order valence-electron chi connectivity index (χ1n) is 3.85. The van der Waals surface area contributed by atoms with E-state index < -0.39 is 0 Å². The lowest BCUT2D eigenvalue weighted by Gasteiger charge is -1.97. The van der Waals surface area contributed by atoms with Gasteiger partial charge in [-0.05, 0) is 12.1 Å². The fraction of sp³-hybridized carbons (Fsp3) is 0.125. The third-order valence-corrected chi connectivity index (χ3v) is 3.56. The summed E-state index contributed by atoms with van der Waals surface area (Å²) in [7, 11) is 0. The van der Waals surface area contributed by atoms with Gasteiger partial charge in [0.05, 0.1) is 5.69 Å². The molecule has 0 N–H and O–H groups in total. The standard InChI is InChI=1S/C8H6ClN3S2/c9-7-3-1-2-6(11-7)4-13-8-12-10-5-14-8/h1-3,5H,4H2. The molecule has 0 aliphatic rings. The molecule has 6 heteroatoms. The summed E-state index contributed by atoms with van der Waals surface area (Å²) in [5.41, 5.74) is 2.67. The van der Waals surface area contributed by atoms with Crippen LogP contribution in [-0.4, -0.2) is 15.2 Å². The molecular formula is C8H6ClN3S2. The molecule has 72 valence electrons. The van der Waals surface area contributed by atoms with Crippen molar-refractivity contribution < 1.29 is 0 Å². The summed E-state index contributed by atoms with van der Waals surface area (Å²) < 4.78 is 0.951. The van der Waals surface area contributed by atoms with E-state index in [4.69, 9.17) is 11.6 Å². The van der Waals surface area contributed by atoms with Crippen LogP contribution in [0.4, 0.5) is 0 Å². The molecule has 2 rings (SSSR count). The predicted octanol–water partition coefficient (Wildman–Crippen LogP) is 2.88. The van der Waals surface area contributed by atoms with Crippen molar-refractivity contribution in [1.82, 2.24) is 15.2 Å². The molecule has 0 aliphatic carbocycles. The average molecular weight is 244 g/mol. The van der Waals surface area contributed by atoms with Crippen LogP contribution in [0.25, 0.3) is 0 Å². The maximum Gasteiger partial charge on any atom is 0.174 e. The molecule has 0 radical (unpaired) electrons. The minimum absolute atomic E-state index is 0.528. The summed E-state index contributed by atoms with van der Waals surface area (Å²) in [5, 5.41) is 8.21. The molecule has 2 aromatic heterocycles. The van der Waals surface area contributed by atoms with E-state index in [2.05, 4.69) is 15.2 Å². The molecule has 0 fully saturated rings. The smallest absolute Gasteiger partial charge is 0.174 e. The van der Waals surface area contributed by atoms with Crippen molar-refractivity contribution in [2.45, 2.75) is 10.1 Å². The van der Waals surface area contributed by atoms with Gasteiger partial charge in [-0.2, -0.15) is 0 Å². The van der Waals surface area contributed by atoms with Crippen molar-refractivity contribution >= 4 is 34.7 Å². The highest BCUT2D eigenvalue weighted by atomic mass is 35.5. The number of nitrogens with zero attached hydrogens (tertiary/aromatic N) is 3. The van der Waals surface area contributed by atoms with E-state index in [1.165, 1.54) is 11.3 Å². The Balaban J connectivity index is 1.98. The summed E-state index contributed by atoms with van der Waals surface area (Å²) in [6.07, 6.45) is 0. The second-order valence-electron chi connectivity index (χ2n) is 2.44. The van der Waals surface area contributed by atoms with Gasteiger partial charge < -0.3 is 0 Å². The number of halogens is 1. The van der Waals surface area contributed by atoms with Crippen molar-refractivity contribution in [3.05, 3.63) is 34.6 Å². The quantitative estimate of drug-likeness (QED) is 0.614. The van der Waals surface area contributed by atoms with Crippen LogP contribution in [-0.2, 0) is 5.75 Å². The second kappa shape index (κ2) is 4.72. The maximum atomic E-state index is 5.76. The van der Waals surface area contributed by atoms with E-state index in [1.54, 1.807) is 23.3 Å². The molecule has 0 unspecified atom stereocenters. The topological polar surface area (TPSA) is 38.7 Å². The number of rotatable bonds is 3. The van der Waals surface area contributed by atoms with Gasteiger partial charge >= 0.3 is 0 Å². The lowest BCUT2D eigenvalue weighted by Crippen LogP contribution is -1.85. The summed E-state index contributed by atoms with van der Waals surface area (Å²) in [4.78, 5) is 4.17. The molecule has 0 atom stereocenters. The first kappa shape index (κ1) is 9.89. The van der Waals surface area contributed by atoms with Crippen molar-refractivity contribution in [3.63, 3.8) is 0 Å². The van der Waals surface area contributed by atoms with E-state index in [9.17, 15) is 0 Å². The minimum atomic E-state index is 0.528. The average Bonchev–Trinajstić information content (AvgIpc) is 2.67. The Morgan fingerprint density at radius 3 is 3.07 bits per heavy atom. The molecule has 2 heterocycles. The molecule has 0 aromatic carbocycles. The predicted molar refractivity (Wildman–Crippen MR) is 58.7 cm³/mol. The van der Waals surface area contributed by atoms with Crippen LogP contribution in [0.5, 0.6) is 0 Å². The highest BCUT2D eigenvalue weighted by Gasteiger charge is 2.00. The molecule has 0 spiro atoms. The molecular weight excluding hydrogens is 238 g/mol. The van der Waals surface area contributed by atoms with Gasteiger partial charge in [0, 0.05) is 5.75 Å². The number of pyridine rings is 1. The minimum Gasteiger partial charge on any atom is -0.240 e. The van der Waals surface area contributed by atoms with Gasteiger partial charge in [0.25, 0.3) is 0 Å². The van der Waals surface area contributed by atoms with E-state index in [0.29, 0.717) is 5.15 Å². The maximum absolute atomic E-state index is 5.76. The van der Waals surface area contributed by atoms with Crippen molar-refractivity contribution in [3.8, 4) is 0 Å². The Kier molecular flexibility index (Phi) is 3.34. The number of thioether (sulfide) groups is 1. The molecule has 0 aliphatic heterocycles. The summed E-state index contributed by atoms with van der Waals surface area (Å²) >= 11 is 8.90. The van der Waals surface area contributed by atoms with Crippen LogP contribution in [0, 0.1) is 0 Å². The fourth-order valence-electron chi connectivity index (χ4n) is 0.892. The van der Waals surface area contributed by atoms with Crippen LogP contribution in [0.1, 0.15) is 5.69 Å². The van der Waals surface area contributed by atoms with Gasteiger partial charge in [0.15, 0.2) is 4.34 Å². The van der Waals surface area contributed by atoms with Crippen LogP contribution >= 0.6 is 34.7 Å². The molecule has 0 saturated heterocycles. The Morgan fingerprint density at radius 2 is 2.36 bits per heavy atom. The van der Waals surface area contributed by atoms with Crippen LogP contribution in [0.2, 0.25) is 5.15 Å². The van der Waals surface area contributed by atoms with Crippen LogP contribution in [0.3, 0.4) is 0 Å². The summed E-state index contributed by atoms with van der Waals surface area (Å²) in [6.45, 7) is 0. The Bertz CT molecular complexity index is 405. The highest BCUT2D eigenvalue weighted by Crippen LogP contribution is 2.23. The molecule has 0 amide bonds. The zero-order valence-corrected chi connectivity index (χ0v) is 9.44. The molecule has 0 bridgehead atoms. The van der Waals surface area contributed by atoms with Gasteiger partial charge in [0.2, 0.25) is 0 Å². The van der Waals surface area contributed by atoms with Crippen molar-refractivity contribution in [1.29, 1.82) is 0 Å². The van der Waals surface area contributed by atoms with Crippen molar-refractivity contribution in [2.24, 2.45) is 0 Å². The Morgan fingerprint density at radius 1 is 1.43 bits per heavy atom. The molecule has 3 nitrogen and oxygen atoms in total. The third kappa shape index (κ3) is 2.67. The van der Waals surface area contributed by atoms with E-state index in [1.807, 2.05) is 12.1 Å². The van der Waals surface area contributed by atoms with Gasteiger partial charge in [-0.15, -0.1) is 10.2 Å².